The molecule has 2 N–H and O–H groups in total. The zero-order chi connectivity index (χ0) is 22.7. The number of H-pyrrole nitrogens is 1. The van der Waals surface area contributed by atoms with Crippen molar-refractivity contribution in [3.05, 3.63) is 68.5 Å². The Kier molecular flexibility index (Phi) is 4.67. The van der Waals surface area contributed by atoms with Crippen molar-refractivity contribution in [2.75, 3.05) is 0 Å². The highest BCUT2D eigenvalue weighted by atomic mass is 35.5. The summed E-state index contributed by atoms with van der Waals surface area (Å²) in [7, 11) is -4.41. The van der Waals surface area contributed by atoms with E-state index in [4.69, 9.17) is 11.6 Å². The maximum absolute atomic E-state index is 13.3. The molecule has 0 aliphatic rings. The average Bonchev–Trinajstić information content (AvgIpc) is 3.06. The lowest BCUT2D eigenvalue weighted by Gasteiger charge is -2.12. The molecule has 0 fully saturated rings. The molecule has 0 amide bonds. The number of benzene rings is 2. The smallest absolute Gasteiger partial charge is 0.406 e. The van der Waals surface area contributed by atoms with Gasteiger partial charge in [-0.3, -0.25) is 4.79 Å². The van der Waals surface area contributed by atoms with Gasteiger partial charge < -0.3 is 14.8 Å². The van der Waals surface area contributed by atoms with Crippen LogP contribution in [0.5, 0.6) is 0 Å². The van der Waals surface area contributed by atoms with Crippen LogP contribution in [0, 0.1) is 0 Å². The van der Waals surface area contributed by atoms with Crippen LogP contribution in [-0.2, 0) is 16.4 Å². The number of sulfone groups is 1. The van der Waals surface area contributed by atoms with E-state index in [9.17, 15) is 36.4 Å². The Morgan fingerprint density at radius 1 is 1.10 bits per heavy atom. The van der Waals surface area contributed by atoms with Gasteiger partial charge in [0.1, 0.15) is 6.54 Å². The molecule has 4 rings (SSSR count). The third-order valence-corrected chi connectivity index (χ3v) is 6.75. The van der Waals surface area contributed by atoms with E-state index in [2.05, 4.69) is 4.98 Å². The summed E-state index contributed by atoms with van der Waals surface area (Å²) in [5, 5.41) is 9.25. The number of nitrogens with zero attached hydrogens (tertiary/aromatic N) is 2. The van der Waals surface area contributed by atoms with Crippen molar-refractivity contribution in [1.82, 2.24) is 14.3 Å². The van der Waals surface area contributed by atoms with Crippen LogP contribution < -0.4 is 11.2 Å². The van der Waals surface area contributed by atoms with Gasteiger partial charge in [-0.05, 0) is 35.7 Å². The van der Waals surface area contributed by atoms with E-state index in [0.717, 1.165) is 22.8 Å². The van der Waals surface area contributed by atoms with Gasteiger partial charge in [-0.1, -0.05) is 22.4 Å². The lowest BCUT2D eigenvalue weighted by molar-refractivity contribution is -0.139. The summed E-state index contributed by atoms with van der Waals surface area (Å²) in [6, 6.07) is 7.17. The second-order valence-electron chi connectivity index (χ2n) is 6.63. The molecule has 0 saturated carbocycles. The monoisotopic (exact) mass is 473 g/mol. The third kappa shape index (κ3) is 3.47. The molecule has 0 saturated heterocycles. The molecule has 0 atom stereocenters. The van der Waals surface area contributed by atoms with E-state index in [0.29, 0.717) is 5.39 Å². The molecule has 162 valence electrons. The van der Waals surface area contributed by atoms with Crippen LogP contribution >= 0.6 is 11.6 Å². The predicted molar refractivity (Wildman–Crippen MR) is 104 cm³/mol. The minimum atomic E-state index is -4.52. The van der Waals surface area contributed by atoms with E-state index >= 15 is 0 Å². The Labute approximate surface area is 175 Å². The Morgan fingerprint density at radius 2 is 1.81 bits per heavy atom. The second-order valence-corrected chi connectivity index (χ2v) is 8.95. The van der Waals surface area contributed by atoms with Gasteiger partial charge in [0, 0.05) is 11.7 Å². The van der Waals surface area contributed by atoms with Crippen molar-refractivity contribution in [1.29, 1.82) is 0 Å². The molecular weight excluding hydrogens is 463 g/mol. The number of hydrogen-bond donors (Lipinski definition) is 2. The average molecular weight is 474 g/mol. The van der Waals surface area contributed by atoms with Crippen LogP contribution in [0.4, 0.5) is 13.2 Å². The second kappa shape index (κ2) is 6.89. The van der Waals surface area contributed by atoms with Crippen LogP contribution in [0.25, 0.3) is 21.8 Å². The number of fused-ring (bicyclic) bond motifs is 2. The van der Waals surface area contributed by atoms with E-state index in [1.54, 1.807) is 0 Å². The topological polar surface area (TPSA) is 114 Å². The maximum atomic E-state index is 13.3. The van der Waals surface area contributed by atoms with Crippen molar-refractivity contribution < 1.29 is 26.8 Å². The Morgan fingerprint density at radius 3 is 2.48 bits per heavy atom. The van der Waals surface area contributed by atoms with Gasteiger partial charge in [-0.2, -0.15) is 13.2 Å². The summed E-state index contributed by atoms with van der Waals surface area (Å²) < 4.78 is 65.6. The molecule has 0 aliphatic heterocycles. The first-order valence-electron chi connectivity index (χ1n) is 8.48. The molecule has 0 spiro atoms. The molecule has 2 aromatic heterocycles. The number of aromatic nitrogens is 3. The van der Waals surface area contributed by atoms with Crippen molar-refractivity contribution >= 4 is 43.2 Å². The fourth-order valence-corrected chi connectivity index (χ4v) is 4.94. The molecule has 8 nitrogen and oxygen atoms in total. The normalized spacial score (nSPS) is 12.6. The molecule has 2 aromatic carbocycles. The van der Waals surface area contributed by atoms with Crippen molar-refractivity contribution in [3.8, 4) is 0 Å². The number of halogens is 4. The van der Waals surface area contributed by atoms with E-state index in [1.807, 2.05) is 0 Å². The summed E-state index contributed by atoms with van der Waals surface area (Å²) in [5.41, 5.74) is -2.91. The van der Waals surface area contributed by atoms with Gasteiger partial charge >= 0.3 is 11.9 Å². The quantitative estimate of drug-likeness (QED) is 0.444. The van der Waals surface area contributed by atoms with Crippen LogP contribution in [-0.4, -0.2) is 34.1 Å². The minimum Gasteiger partial charge on any atom is -0.421 e. The van der Waals surface area contributed by atoms with Gasteiger partial charge in [-0.15, -0.1) is 0 Å². The van der Waals surface area contributed by atoms with Crippen LogP contribution in [0.2, 0.25) is 5.02 Å². The lowest BCUT2D eigenvalue weighted by Crippen LogP contribution is -2.33. The fraction of sp³-hybridized carbons (Fsp3) is 0.111. The van der Waals surface area contributed by atoms with Crippen molar-refractivity contribution in [2.45, 2.75) is 22.5 Å². The van der Waals surface area contributed by atoms with Gasteiger partial charge in [0.05, 0.1) is 25.7 Å². The first-order chi connectivity index (χ1) is 14.4. The summed E-state index contributed by atoms with van der Waals surface area (Å²) in [5.74, 6) is 0. The standard InChI is InChI=1S/C18H11ClF3N3O5S/c19-11-3-4-13(15-14(11)16(26)25(28)17(27)23-15)31(29,30)10-2-1-9-5-6-24(12(9)7-10)8-18(20,21)22/h1-7,28H,8H2,(H,23,27). The van der Waals surface area contributed by atoms with Crippen molar-refractivity contribution in [2.24, 2.45) is 0 Å². The summed E-state index contributed by atoms with van der Waals surface area (Å²) >= 11 is 5.95. The van der Waals surface area contributed by atoms with Gasteiger partial charge in [-0.25, -0.2) is 13.2 Å². The number of nitrogens with one attached hydrogen (secondary N) is 1. The molecule has 13 heteroatoms. The zero-order valence-electron chi connectivity index (χ0n) is 15.1. The molecule has 4 aromatic rings. The largest absolute Gasteiger partial charge is 0.421 e. The maximum Gasteiger partial charge on any atom is 0.406 e. The van der Waals surface area contributed by atoms with Crippen molar-refractivity contribution in [3.63, 3.8) is 0 Å². The Hall–Kier alpha value is -3.25. The Bertz CT molecular complexity index is 1590. The third-order valence-electron chi connectivity index (χ3n) is 4.64. The van der Waals surface area contributed by atoms with Gasteiger partial charge in [0.25, 0.3) is 5.56 Å². The number of hydrogen-bond acceptors (Lipinski definition) is 5. The number of rotatable bonds is 3. The highest BCUT2D eigenvalue weighted by Gasteiger charge is 2.29. The van der Waals surface area contributed by atoms with E-state index in [1.165, 1.54) is 24.4 Å². The number of alkyl halides is 3. The molecule has 0 radical (unpaired) electrons. The van der Waals surface area contributed by atoms with E-state index in [-0.39, 0.29) is 20.2 Å². The first-order valence-corrected chi connectivity index (χ1v) is 10.3. The molecule has 0 bridgehead atoms. The summed E-state index contributed by atoms with van der Waals surface area (Å²) in [4.78, 5) is 25.2. The SMILES string of the molecule is O=c1[nH]c2c(S(=O)(=O)c3ccc4ccn(CC(F)(F)F)c4c3)ccc(Cl)c2c(=O)n1O. The lowest BCUT2D eigenvalue weighted by atomic mass is 10.2. The summed E-state index contributed by atoms with van der Waals surface area (Å²) in [6.07, 6.45) is -3.33. The molecule has 2 heterocycles. The highest BCUT2D eigenvalue weighted by molar-refractivity contribution is 7.91. The van der Waals surface area contributed by atoms with Crippen LogP contribution in [0.15, 0.2) is 62.0 Å². The predicted octanol–water partition coefficient (Wildman–Crippen LogP) is 2.93. The minimum absolute atomic E-state index is 0.0304. The first kappa shape index (κ1) is 21.0. The highest BCUT2D eigenvalue weighted by Crippen LogP contribution is 2.31. The van der Waals surface area contributed by atoms with Gasteiger partial charge in [0.15, 0.2) is 0 Å². The van der Waals surface area contributed by atoms with Gasteiger partial charge in [0.2, 0.25) is 9.84 Å². The molecule has 0 unspecified atom stereocenters. The fourth-order valence-electron chi connectivity index (χ4n) is 3.26. The number of aromatic amines is 1. The van der Waals surface area contributed by atoms with Crippen LogP contribution in [0.1, 0.15) is 0 Å². The van der Waals surface area contributed by atoms with E-state index < -0.39 is 49.6 Å². The molecule has 31 heavy (non-hydrogen) atoms. The zero-order valence-corrected chi connectivity index (χ0v) is 16.7. The molecular formula is C18H11ClF3N3O5S. The summed E-state index contributed by atoms with van der Waals surface area (Å²) in [6.45, 7) is -1.31. The van der Waals surface area contributed by atoms with Crippen LogP contribution in [0.3, 0.4) is 0 Å². The molecule has 0 aliphatic carbocycles. The Balaban J connectivity index is 1.98.